The average Bonchev–Trinajstić information content (AvgIpc) is 3.72. The highest BCUT2D eigenvalue weighted by Crippen LogP contribution is 2.37. The smallest absolute Gasteiger partial charge is 0.258 e. The largest absolute Gasteiger partial charge is 0.486 e. The van der Waals surface area contributed by atoms with E-state index < -0.39 is 28.0 Å². The minimum absolute atomic E-state index is 0.0570. The van der Waals surface area contributed by atoms with Crippen molar-refractivity contribution in [3.05, 3.63) is 53.8 Å². The Morgan fingerprint density at radius 2 is 1.92 bits per heavy atom. The van der Waals surface area contributed by atoms with Crippen LogP contribution in [0, 0.1) is 17.7 Å². The molecule has 2 amide bonds. The summed E-state index contributed by atoms with van der Waals surface area (Å²) in [7, 11) is -2.55. The van der Waals surface area contributed by atoms with Crippen LogP contribution >= 0.6 is 0 Å². The fraction of sp³-hybridized carbons (Fsp3) is 0.462. The number of carbonyl (C=O) groups excluding carboxylic acids is 2. The van der Waals surface area contributed by atoms with E-state index in [0.29, 0.717) is 5.69 Å². The summed E-state index contributed by atoms with van der Waals surface area (Å²) in [4.78, 5) is 27.5. The van der Waals surface area contributed by atoms with Gasteiger partial charge in [0.1, 0.15) is 11.9 Å². The van der Waals surface area contributed by atoms with Crippen LogP contribution in [0.15, 0.2) is 47.4 Å². The maximum Gasteiger partial charge on any atom is 0.258 e. The van der Waals surface area contributed by atoms with Gasteiger partial charge in [-0.3, -0.25) is 9.59 Å². The number of nitrogens with one attached hydrogen (secondary N) is 1. The number of para-hydroxylation sites is 1. The summed E-state index contributed by atoms with van der Waals surface area (Å²) in [6.45, 7) is 3.46. The van der Waals surface area contributed by atoms with Gasteiger partial charge in [0.25, 0.3) is 5.91 Å². The predicted molar refractivity (Wildman–Crippen MR) is 135 cm³/mol. The van der Waals surface area contributed by atoms with Crippen LogP contribution in [0.3, 0.4) is 0 Å². The molecular weight excluding hydrogens is 501 g/mol. The van der Waals surface area contributed by atoms with Crippen LogP contribution in [-0.2, 0) is 14.8 Å². The van der Waals surface area contributed by atoms with Gasteiger partial charge in [-0.05, 0) is 56.2 Å². The van der Waals surface area contributed by atoms with E-state index in [-0.39, 0.29) is 59.6 Å². The van der Waals surface area contributed by atoms with E-state index >= 15 is 0 Å². The van der Waals surface area contributed by atoms with Crippen LogP contribution in [0.4, 0.5) is 10.1 Å². The lowest BCUT2D eigenvalue weighted by Gasteiger charge is -2.38. The summed E-state index contributed by atoms with van der Waals surface area (Å²) >= 11 is 0. The number of ether oxygens (including phenoxy) is 1. The highest BCUT2D eigenvalue weighted by molar-refractivity contribution is 7.89. The number of aliphatic hydroxyl groups is 1. The highest BCUT2D eigenvalue weighted by atomic mass is 32.2. The summed E-state index contributed by atoms with van der Waals surface area (Å²) in [6.07, 6.45) is 0.891. The summed E-state index contributed by atoms with van der Waals surface area (Å²) < 4.78 is 47.2. The Balaban J connectivity index is 1.70. The lowest BCUT2D eigenvalue weighted by atomic mass is 9.99. The standard InChI is InChI=1S/C26H32FN3O6S/c1-16-13-30(17(2)15-31)26(33)21-5-4-6-22(28-25(32)18-7-8-18)24(21)36-23(16)14-29(3)37(34,35)20-11-9-19(27)10-12-20/h4-6,9-12,16-18,23,31H,7-8,13-15H2,1-3H3,(H,28,32)/t16-,17+,23-/m1/s1. The van der Waals surface area contributed by atoms with E-state index in [2.05, 4.69) is 5.32 Å². The predicted octanol–water partition coefficient (Wildman–Crippen LogP) is 2.72. The number of nitrogens with zero attached hydrogens (tertiary/aromatic N) is 2. The third-order valence-corrected chi connectivity index (χ3v) is 8.69. The van der Waals surface area contributed by atoms with Gasteiger partial charge in [-0.2, -0.15) is 4.31 Å². The number of aliphatic hydroxyl groups excluding tert-OH is 1. The number of anilines is 1. The van der Waals surface area contributed by atoms with E-state index in [4.69, 9.17) is 4.74 Å². The molecule has 0 unspecified atom stereocenters. The van der Waals surface area contributed by atoms with E-state index in [1.807, 2.05) is 6.92 Å². The summed E-state index contributed by atoms with van der Waals surface area (Å²) in [5, 5.41) is 12.7. The number of hydrogen-bond acceptors (Lipinski definition) is 6. The topological polar surface area (TPSA) is 116 Å². The molecular formula is C26H32FN3O6S. The third-order valence-electron chi connectivity index (χ3n) is 6.86. The first kappa shape index (κ1) is 27.0. The SMILES string of the molecule is C[C@@H]1CN([C@@H](C)CO)C(=O)c2cccc(NC(=O)C3CC3)c2O[C@@H]1CN(C)S(=O)(=O)c1ccc(F)cc1. The van der Waals surface area contributed by atoms with Gasteiger partial charge < -0.3 is 20.1 Å². The van der Waals surface area contributed by atoms with Crippen molar-refractivity contribution in [2.24, 2.45) is 11.8 Å². The molecule has 11 heteroatoms. The zero-order chi connectivity index (χ0) is 26.9. The molecule has 2 aromatic carbocycles. The van der Waals surface area contributed by atoms with E-state index in [1.165, 1.54) is 19.2 Å². The minimum Gasteiger partial charge on any atom is -0.486 e. The molecule has 1 saturated carbocycles. The van der Waals surface area contributed by atoms with Crippen LogP contribution in [0.5, 0.6) is 5.75 Å². The molecule has 3 atom stereocenters. The molecule has 2 aromatic rings. The van der Waals surface area contributed by atoms with Crippen molar-refractivity contribution >= 4 is 27.5 Å². The monoisotopic (exact) mass is 533 g/mol. The van der Waals surface area contributed by atoms with E-state index in [0.717, 1.165) is 29.3 Å². The van der Waals surface area contributed by atoms with Crippen molar-refractivity contribution in [1.29, 1.82) is 0 Å². The fourth-order valence-corrected chi connectivity index (χ4v) is 5.46. The molecule has 0 aromatic heterocycles. The lowest BCUT2D eigenvalue weighted by Crippen LogP contribution is -2.50. The molecule has 0 radical (unpaired) electrons. The summed E-state index contributed by atoms with van der Waals surface area (Å²) in [6, 6.07) is 8.96. The van der Waals surface area contributed by atoms with Gasteiger partial charge in [-0.25, -0.2) is 12.8 Å². The molecule has 0 bridgehead atoms. The minimum atomic E-state index is -3.96. The van der Waals surface area contributed by atoms with Crippen LogP contribution in [0.2, 0.25) is 0 Å². The number of sulfonamides is 1. The molecule has 0 spiro atoms. The number of rotatable bonds is 8. The zero-order valence-corrected chi connectivity index (χ0v) is 21.9. The van der Waals surface area contributed by atoms with Gasteiger partial charge in [-0.1, -0.05) is 13.0 Å². The fourth-order valence-electron chi connectivity index (χ4n) is 4.28. The number of likely N-dealkylation sites (N-methyl/N-ethyl adjacent to an activating group) is 1. The van der Waals surface area contributed by atoms with E-state index in [9.17, 15) is 27.5 Å². The Morgan fingerprint density at radius 1 is 1.24 bits per heavy atom. The maximum absolute atomic E-state index is 13.5. The first-order valence-electron chi connectivity index (χ1n) is 12.3. The second-order valence-corrected chi connectivity index (χ2v) is 11.9. The van der Waals surface area contributed by atoms with Gasteiger partial charge >= 0.3 is 0 Å². The lowest BCUT2D eigenvalue weighted by molar-refractivity contribution is -0.117. The summed E-state index contributed by atoms with van der Waals surface area (Å²) in [5.41, 5.74) is 0.553. The van der Waals surface area contributed by atoms with Gasteiger partial charge in [0.2, 0.25) is 15.9 Å². The van der Waals surface area contributed by atoms with Crippen molar-refractivity contribution in [3.63, 3.8) is 0 Å². The van der Waals surface area contributed by atoms with Crippen LogP contribution in [-0.4, -0.2) is 73.4 Å². The molecule has 1 heterocycles. The molecule has 0 saturated heterocycles. The molecule has 2 N–H and O–H groups in total. The number of halogens is 1. The molecule has 37 heavy (non-hydrogen) atoms. The first-order chi connectivity index (χ1) is 17.5. The van der Waals surface area contributed by atoms with Crippen LogP contribution < -0.4 is 10.1 Å². The second kappa shape index (κ2) is 10.8. The van der Waals surface area contributed by atoms with Gasteiger partial charge in [0, 0.05) is 25.4 Å². The maximum atomic E-state index is 13.5. The zero-order valence-electron chi connectivity index (χ0n) is 21.1. The average molecular weight is 534 g/mol. The van der Waals surface area contributed by atoms with Crippen molar-refractivity contribution in [2.75, 3.05) is 32.1 Å². The Bertz CT molecular complexity index is 1270. The Morgan fingerprint density at radius 3 is 2.54 bits per heavy atom. The summed E-state index contributed by atoms with van der Waals surface area (Å²) in [5.74, 6) is -1.30. The molecule has 1 aliphatic heterocycles. The van der Waals surface area contributed by atoms with Gasteiger partial charge in [-0.15, -0.1) is 0 Å². The number of benzene rings is 2. The Hall–Kier alpha value is -3.02. The number of hydrogen-bond donors (Lipinski definition) is 2. The van der Waals surface area contributed by atoms with Crippen molar-refractivity contribution in [1.82, 2.24) is 9.21 Å². The third kappa shape index (κ3) is 5.78. The molecule has 1 fully saturated rings. The number of fused-ring (bicyclic) bond motifs is 1. The first-order valence-corrected chi connectivity index (χ1v) is 13.7. The van der Waals surface area contributed by atoms with Crippen molar-refractivity contribution in [3.8, 4) is 5.75 Å². The molecule has 1 aliphatic carbocycles. The molecule has 2 aliphatic rings. The Kier molecular flexibility index (Phi) is 7.86. The molecule has 9 nitrogen and oxygen atoms in total. The quantitative estimate of drug-likeness (QED) is 0.539. The normalized spacial score (nSPS) is 21.0. The number of carbonyl (C=O) groups is 2. The van der Waals surface area contributed by atoms with Crippen LogP contribution in [0.25, 0.3) is 0 Å². The highest BCUT2D eigenvalue weighted by Gasteiger charge is 2.37. The van der Waals surface area contributed by atoms with Crippen LogP contribution in [0.1, 0.15) is 37.0 Å². The van der Waals surface area contributed by atoms with Crippen molar-refractivity contribution < 1.29 is 32.2 Å². The van der Waals surface area contributed by atoms with E-state index in [1.54, 1.807) is 30.0 Å². The van der Waals surface area contributed by atoms with Crippen molar-refractivity contribution in [2.45, 2.75) is 43.7 Å². The van der Waals surface area contributed by atoms with Gasteiger partial charge in [0.05, 0.1) is 35.3 Å². The number of amides is 2. The molecule has 4 rings (SSSR count). The Labute approximate surface area is 216 Å². The molecule has 200 valence electrons. The second-order valence-electron chi connectivity index (χ2n) is 9.81. The van der Waals surface area contributed by atoms with Gasteiger partial charge in [0.15, 0.2) is 5.75 Å².